The number of nitrogens with one attached hydrogen (secondary N) is 2. The summed E-state index contributed by atoms with van der Waals surface area (Å²) in [6, 6.07) is 13.2. The van der Waals surface area contributed by atoms with Crippen LogP contribution in [-0.2, 0) is 0 Å². The van der Waals surface area contributed by atoms with Gasteiger partial charge in [0.2, 0.25) is 0 Å². The number of benzene rings is 2. The minimum absolute atomic E-state index is 0.103. The Bertz CT molecular complexity index is 970. The number of hydrogen-bond acceptors (Lipinski definition) is 5. The fourth-order valence-electron chi connectivity index (χ4n) is 2.60. The van der Waals surface area contributed by atoms with Crippen LogP contribution in [0.25, 0.3) is 5.69 Å². The summed E-state index contributed by atoms with van der Waals surface area (Å²) in [6.45, 7) is 0.595. The molecular weight excluding hydrogens is 376 g/mol. The van der Waals surface area contributed by atoms with Gasteiger partial charge in [0.1, 0.15) is 5.75 Å². The Morgan fingerprint density at radius 3 is 2.39 bits per heavy atom. The quantitative estimate of drug-likeness (QED) is 0.421. The molecule has 2 aromatic carbocycles. The smallest absolute Gasteiger partial charge is 0.251 e. The van der Waals surface area contributed by atoms with Crippen molar-refractivity contribution in [2.45, 2.75) is 5.16 Å². The zero-order chi connectivity index (χ0) is 19.9. The third kappa shape index (κ3) is 4.72. The molecule has 0 spiro atoms. The Labute approximate surface area is 166 Å². The maximum atomic E-state index is 12.4. The lowest BCUT2D eigenvalue weighted by Gasteiger charge is -2.10. The van der Waals surface area contributed by atoms with Gasteiger partial charge in [-0.1, -0.05) is 17.8 Å². The molecule has 0 saturated carbocycles. The van der Waals surface area contributed by atoms with Crippen molar-refractivity contribution in [2.75, 3.05) is 19.3 Å². The van der Waals surface area contributed by atoms with Gasteiger partial charge in [0.05, 0.1) is 0 Å². The normalized spacial score (nSPS) is 10.5. The molecule has 7 nitrogen and oxygen atoms in total. The van der Waals surface area contributed by atoms with Gasteiger partial charge in [-0.15, -0.1) is 0 Å². The van der Waals surface area contributed by atoms with Crippen molar-refractivity contribution in [1.82, 2.24) is 20.2 Å². The Kier molecular flexibility index (Phi) is 6.33. The van der Waals surface area contributed by atoms with Crippen LogP contribution in [0.4, 0.5) is 0 Å². The van der Waals surface area contributed by atoms with Crippen molar-refractivity contribution in [1.29, 1.82) is 0 Å². The molecule has 0 aliphatic rings. The first-order valence-corrected chi connectivity index (χ1v) is 9.84. The van der Waals surface area contributed by atoms with Crippen molar-refractivity contribution in [3.8, 4) is 11.4 Å². The number of phenolic OH excluding ortho intramolecular Hbond substituents is 1. The molecule has 0 atom stereocenters. The van der Waals surface area contributed by atoms with Gasteiger partial charge in [-0.2, -0.15) is 0 Å². The molecule has 0 unspecified atom stereocenters. The minimum atomic E-state index is -0.263. The van der Waals surface area contributed by atoms with Crippen LogP contribution in [0.15, 0.2) is 66.1 Å². The SMILES string of the molecule is CSc1nccn1-c1cccc(C(=O)NCCNC(=O)c2ccc(O)cc2)c1. The number of aromatic hydroxyl groups is 1. The van der Waals surface area contributed by atoms with Gasteiger partial charge in [-0.3, -0.25) is 14.2 Å². The van der Waals surface area contributed by atoms with E-state index in [0.29, 0.717) is 24.2 Å². The van der Waals surface area contributed by atoms with Gasteiger partial charge in [0.15, 0.2) is 5.16 Å². The number of carbonyl (C=O) groups is 2. The van der Waals surface area contributed by atoms with Crippen LogP contribution in [0.3, 0.4) is 0 Å². The first-order chi connectivity index (χ1) is 13.6. The molecule has 0 fully saturated rings. The number of nitrogens with zero attached hydrogens (tertiary/aromatic N) is 2. The number of rotatable bonds is 7. The monoisotopic (exact) mass is 396 g/mol. The predicted octanol–water partition coefficient (Wildman–Crippen LogP) is 2.46. The Hall–Kier alpha value is -3.26. The van der Waals surface area contributed by atoms with Crippen molar-refractivity contribution in [2.24, 2.45) is 0 Å². The molecule has 0 bridgehead atoms. The van der Waals surface area contributed by atoms with E-state index in [1.54, 1.807) is 18.3 Å². The standard InChI is InChI=1S/C20H20N4O3S/c1-28-20-23-11-12-24(20)16-4-2-3-15(13-16)19(27)22-10-9-21-18(26)14-5-7-17(25)8-6-14/h2-8,11-13,25H,9-10H2,1H3,(H,21,26)(H,22,27). The summed E-state index contributed by atoms with van der Waals surface area (Å²) in [7, 11) is 0. The first-order valence-electron chi connectivity index (χ1n) is 8.61. The van der Waals surface area contributed by atoms with Crippen molar-refractivity contribution in [3.05, 3.63) is 72.1 Å². The average molecular weight is 396 g/mol. The third-order valence-electron chi connectivity index (χ3n) is 4.00. The summed E-state index contributed by atoms with van der Waals surface area (Å²) in [6.07, 6.45) is 5.51. The lowest BCUT2D eigenvalue weighted by atomic mass is 10.2. The van der Waals surface area contributed by atoms with Crippen LogP contribution in [-0.4, -0.2) is 45.8 Å². The first kappa shape index (κ1) is 19.5. The van der Waals surface area contributed by atoms with Gasteiger partial charge in [0, 0.05) is 42.3 Å². The maximum Gasteiger partial charge on any atom is 0.251 e. The molecule has 8 heteroatoms. The Balaban J connectivity index is 1.53. The number of phenols is 1. The number of hydrogen-bond donors (Lipinski definition) is 3. The summed E-state index contributed by atoms with van der Waals surface area (Å²) >= 11 is 1.53. The second kappa shape index (κ2) is 9.09. The van der Waals surface area contributed by atoms with E-state index in [4.69, 9.17) is 0 Å². The molecule has 3 aromatic rings. The summed E-state index contributed by atoms with van der Waals surface area (Å²) in [5.41, 5.74) is 1.83. The molecule has 0 aliphatic carbocycles. The highest BCUT2D eigenvalue weighted by atomic mass is 32.2. The lowest BCUT2D eigenvalue weighted by molar-refractivity contribution is 0.0927. The van der Waals surface area contributed by atoms with Gasteiger partial charge in [-0.25, -0.2) is 4.98 Å². The van der Waals surface area contributed by atoms with E-state index in [1.807, 2.05) is 29.2 Å². The zero-order valence-electron chi connectivity index (χ0n) is 15.3. The second-order valence-electron chi connectivity index (χ2n) is 5.89. The summed E-state index contributed by atoms with van der Waals surface area (Å²) < 4.78 is 1.92. The van der Waals surface area contributed by atoms with Crippen LogP contribution in [0.1, 0.15) is 20.7 Å². The Morgan fingerprint density at radius 2 is 1.71 bits per heavy atom. The number of carbonyl (C=O) groups excluding carboxylic acids is 2. The molecule has 3 N–H and O–H groups in total. The van der Waals surface area contributed by atoms with E-state index in [1.165, 1.54) is 36.0 Å². The molecule has 2 amide bonds. The van der Waals surface area contributed by atoms with E-state index >= 15 is 0 Å². The molecule has 3 rings (SSSR count). The molecular formula is C20H20N4O3S. The van der Waals surface area contributed by atoms with Crippen molar-refractivity contribution >= 4 is 23.6 Å². The average Bonchev–Trinajstić information content (AvgIpc) is 3.20. The Morgan fingerprint density at radius 1 is 1.04 bits per heavy atom. The van der Waals surface area contributed by atoms with Crippen LogP contribution in [0.5, 0.6) is 5.75 Å². The van der Waals surface area contributed by atoms with E-state index in [-0.39, 0.29) is 17.6 Å². The topological polar surface area (TPSA) is 96.3 Å². The van der Waals surface area contributed by atoms with Gasteiger partial charge in [-0.05, 0) is 48.7 Å². The zero-order valence-corrected chi connectivity index (χ0v) is 16.1. The van der Waals surface area contributed by atoms with Crippen LogP contribution in [0.2, 0.25) is 0 Å². The molecule has 144 valence electrons. The molecule has 0 aliphatic heterocycles. The second-order valence-corrected chi connectivity index (χ2v) is 6.67. The summed E-state index contributed by atoms with van der Waals surface area (Å²) in [4.78, 5) is 28.6. The highest BCUT2D eigenvalue weighted by molar-refractivity contribution is 7.98. The maximum absolute atomic E-state index is 12.4. The van der Waals surface area contributed by atoms with Crippen molar-refractivity contribution < 1.29 is 14.7 Å². The molecule has 1 aromatic heterocycles. The third-order valence-corrected chi connectivity index (χ3v) is 4.67. The summed E-state index contributed by atoms with van der Waals surface area (Å²) in [5, 5.41) is 15.6. The van der Waals surface area contributed by atoms with Crippen LogP contribution >= 0.6 is 11.8 Å². The summed E-state index contributed by atoms with van der Waals surface area (Å²) in [5.74, 6) is -0.376. The van der Waals surface area contributed by atoms with Crippen LogP contribution < -0.4 is 10.6 Å². The van der Waals surface area contributed by atoms with E-state index in [0.717, 1.165) is 10.8 Å². The number of imidazole rings is 1. The van der Waals surface area contributed by atoms with Crippen molar-refractivity contribution in [3.63, 3.8) is 0 Å². The highest BCUT2D eigenvalue weighted by Gasteiger charge is 2.09. The minimum Gasteiger partial charge on any atom is -0.508 e. The molecule has 0 radical (unpaired) electrons. The molecule has 28 heavy (non-hydrogen) atoms. The molecule has 0 saturated heterocycles. The predicted molar refractivity (Wildman–Crippen MR) is 108 cm³/mol. The highest BCUT2D eigenvalue weighted by Crippen LogP contribution is 2.18. The lowest BCUT2D eigenvalue weighted by Crippen LogP contribution is -2.34. The molecule has 1 heterocycles. The van der Waals surface area contributed by atoms with Crippen LogP contribution in [0, 0.1) is 0 Å². The van der Waals surface area contributed by atoms with Gasteiger partial charge < -0.3 is 15.7 Å². The largest absolute Gasteiger partial charge is 0.508 e. The number of amides is 2. The van der Waals surface area contributed by atoms with Gasteiger partial charge in [0.25, 0.3) is 11.8 Å². The van der Waals surface area contributed by atoms with E-state index in [9.17, 15) is 14.7 Å². The van der Waals surface area contributed by atoms with Gasteiger partial charge >= 0.3 is 0 Å². The number of aromatic nitrogens is 2. The van der Waals surface area contributed by atoms with E-state index < -0.39 is 0 Å². The fourth-order valence-corrected chi connectivity index (χ4v) is 3.13. The van der Waals surface area contributed by atoms with E-state index in [2.05, 4.69) is 15.6 Å². The number of thioether (sulfide) groups is 1. The fraction of sp³-hybridized carbons (Fsp3) is 0.150.